The van der Waals surface area contributed by atoms with Crippen molar-refractivity contribution in [3.63, 3.8) is 0 Å². The molecule has 0 aliphatic carbocycles. The number of piperazine rings is 1. The lowest BCUT2D eigenvalue weighted by molar-refractivity contribution is -0.864. The number of carboxylic acids is 1. The van der Waals surface area contributed by atoms with Gasteiger partial charge in [0.05, 0.1) is 27.1 Å². The van der Waals surface area contributed by atoms with Crippen LogP contribution in [0.5, 0.6) is 0 Å². The largest absolute Gasteiger partial charge is 0.544 e. The molecule has 1 aliphatic rings. The third-order valence-electron chi connectivity index (χ3n) is 1.99. The molecule has 0 aromatic rings. The Bertz CT molecular complexity index is 261. The van der Waals surface area contributed by atoms with Crippen LogP contribution in [-0.2, 0) is 4.79 Å². The number of nitrogens with one attached hydrogen (secondary N) is 1. The van der Waals surface area contributed by atoms with Crippen LogP contribution in [0, 0.1) is 0 Å². The van der Waals surface area contributed by atoms with Crippen LogP contribution in [0.2, 0.25) is 0 Å². The third kappa shape index (κ3) is 10.5. The van der Waals surface area contributed by atoms with Gasteiger partial charge in [-0.2, -0.15) is 0 Å². The average Bonchev–Trinajstić information content (AvgIpc) is 2.16. The summed E-state index contributed by atoms with van der Waals surface area (Å²) in [6.07, 6.45) is 0. The minimum absolute atomic E-state index is 0.0694. The summed E-state index contributed by atoms with van der Waals surface area (Å²) in [5, 5.41) is 13.1. The third-order valence-corrected chi connectivity index (χ3v) is 2.53. The van der Waals surface area contributed by atoms with E-state index in [0.717, 1.165) is 30.5 Å². The molecule has 5 nitrogen and oxygen atoms in total. The second kappa shape index (κ2) is 7.86. The van der Waals surface area contributed by atoms with E-state index in [2.05, 4.69) is 22.8 Å². The van der Waals surface area contributed by atoms with Crippen molar-refractivity contribution in [2.75, 3.05) is 53.9 Å². The minimum Gasteiger partial charge on any atom is -0.544 e. The highest BCUT2D eigenvalue weighted by molar-refractivity contribution is 8.10. The predicted octanol–water partition coefficient (Wildman–Crippen LogP) is -1.45. The fourth-order valence-electron chi connectivity index (χ4n) is 1.24. The number of carboxylic acid groups (broad SMARTS) is 1. The van der Waals surface area contributed by atoms with Crippen molar-refractivity contribution in [3.05, 3.63) is 0 Å². The summed E-state index contributed by atoms with van der Waals surface area (Å²) in [6, 6.07) is 0. The van der Waals surface area contributed by atoms with E-state index in [9.17, 15) is 9.90 Å². The summed E-state index contributed by atoms with van der Waals surface area (Å²) in [4.78, 5) is 12.0. The number of nitrogens with zero attached hydrogens (tertiary/aromatic N) is 2. The number of hydrogen-bond acceptors (Lipinski definition) is 4. The van der Waals surface area contributed by atoms with Gasteiger partial charge in [0, 0.05) is 26.2 Å². The van der Waals surface area contributed by atoms with Gasteiger partial charge in [0.15, 0.2) is 0 Å². The maximum absolute atomic E-state index is 9.89. The van der Waals surface area contributed by atoms with Crippen molar-refractivity contribution < 1.29 is 14.4 Å². The van der Waals surface area contributed by atoms with Crippen LogP contribution in [0.25, 0.3) is 0 Å². The summed E-state index contributed by atoms with van der Waals surface area (Å²) in [5.74, 6) is -1.00. The molecule has 1 aliphatic heterocycles. The second-order valence-electron chi connectivity index (χ2n) is 4.84. The SMILES string of the molecule is C[N+](C)(C)CC(=O)[O-].S=C(S)N1CCNCC1. The first-order valence-corrected chi connectivity index (χ1v) is 6.27. The maximum Gasteiger partial charge on any atom is 0.133 e. The van der Waals surface area contributed by atoms with Crippen LogP contribution < -0.4 is 10.4 Å². The van der Waals surface area contributed by atoms with Crippen LogP contribution in [0.1, 0.15) is 0 Å². The van der Waals surface area contributed by atoms with Gasteiger partial charge < -0.3 is 24.6 Å². The molecule has 1 N–H and O–H groups in total. The van der Waals surface area contributed by atoms with Crippen molar-refractivity contribution >= 4 is 35.1 Å². The van der Waals surface area contributed by atoms with Gasteiger partial charge in [0.25, 0.3) is 0 Å². The zero-order valence-corrected chi connectivity index (χ0v) is 12.3. The molecule has 0 unspecified atom stereocenters. The minimum atomic E-state index is -1.00. The molecule has 0 spiro atoms. The van der Waals surface area contributed by atoms with Crippen LogP contribution in [0.15, 0.2) is 0 Å². The number of rotatable bonds is 2. The van der Waals surface area contributed by atoms with Gasteiger partial charge in [0.1, 0.15) is 10.9 Å². The van der Waals surface area contributed by atoms with Gasteiger partial charge in [-0.15, -0.1) is 12.6 Å². The van der Waals surface area contributed by atoms with Crippen LogP contribution in [0.3, 0.4) is 0 Å². The van der Waals surface area contributed by atoms with E-state index in [0.29, 0.717) is 4.48 Å². The molecule has 17 heavy (non-hydrogen) atoms. The molecule has 1 fully saturated rings. The molecule has 0 aromatic heterocycles. The van der Waals surface area contributed by atoms with Crippen molar-refractivity contribution in [2.45, 2.75) is 0 Å². The highest BCUT2D eigenvalue weighted by Crippen LogP contribution is 1.97. The number of quaternary nitrogens is 1. The van der Waals surface area contributed by atoms with Crippen LogP contribution in [-0.4, -0.2) is 73.5 Å². The van der Waals surface area contributed by atoms with Gasteiger partial charge >= 0.3 is 0 Å². The molecule has 0 saturated carbocycles. The molecule has 1 heterocycles. The predicted molar refractivity (Wildman–Crippen MR) is 73.9 cm³/mol. The molecule has 100 valence electrons. The number of carbonyl (C=O) groups is 1. The Balaban J connectivity index is 0.000000304. The summed E-state index contributed by atoms with van der Waals surface area (Å²) in [7, 11) is 5.40. The molecule has 0 atom stereocenters. The zero-order valence-electron chi connectivity index (χ0n) is 10.6. The molecule has 1 rings (SSSR count). The first-order valence-electron chi connectivity index (χ1n) is 5.41. The normalized spacial score (nSPS) is 15.9. The lowest BCUT2D eigenvalue weighted by atomic mass is 10.4. The quantitative estimate of drug-likeness (QED) is 0.368. The molecular weight excluding hydrogens is 258 g/mol. The van der Waals surface area contributed by atoms with Gasteiger partial charge in [-0.3, -0.25) is 0 Å². The maximum atomic E-state index is 9.89. The van der Waals surface area contributed by atoms with Crippen molar-refractivity contribution in [1.82, 2.24) is 10.2 Å². The molecule has 0 radical (unpaired) electrons. The van der Waals surface area contributed by atoms with Crippen LogP contribution >= 0.6 is 24.8 Å². The number of carbonyl (C=O) groups excluding carboxylic acids is 1. The van der Waals surface area contributed by atoms with Gasteiger partial charge in [-0.25, -0.2) is 0 Å². The second-order valence-corrected chi connectivity index (χ2v) is 5.95. The monoisotopic (exact) mass is 279 g/mol. The van der Waals surface area contributed by atoms with E-state index in [-0.39, 0.29) is 6.54 Å². The fourth-order valence-corrected chi connectivity index (χ4v) is 1.63. The van der Waals surface area contributed by atoms with Gasteiger partial charge in [-0.1, -0.05) is 12.2 Å². The molecule has 7 heteroatoms. The highest BCUT2D eigenvalue weighted by atomic mass is 32.1. The average molecular weight is 279 g/mol. The summed E-state index contributed by atoms with van der Waals surface area (Å²) in [5.41, 5.74) is 0. The first-order chi connectivity index (χ1) is 7.72. The summed E-state index contributed by atoms with van der Waals surface area (Å²) >= 11 is 8.95. The Morgan fingerprint density at radius 3 is 2.06 bits per heavy atom. The van der Waals surface area contributed by atoms with E-state index < -0.39 is 5.97 Å². The zero-order chi connectivity index (χ0) is 13.5. The van der Waals surface area contributed by atoms with E-state index in [1.807, 2.05) is 0 Å². The molecule has 0 aromatic carbocycles. The van der Waals surface area contributed by atoms with Gasteiger partial charge in [-0.05, 0) is 0 Å². The van der Waals surface area contributed by atoms with E-state index in [1.54, 1.807) is 21.1 Å². The number of thiocarbonyl (C=S) groups is 1. The number of hydrogen-bond donors (Lipinski definition) is 2. The highest BCUT2D eigenvalue weighted by Gasteiger charge is 2.08. The molecule has 0 amide bonds. The van der Waals surface area contributed by atoms with E-state index in [1.165, 1.54) is 0 Å². The Kier molecular flexibility index (Phi) is 7.69. The number of thiol groups is 1. The summed E-state index contributed by atoms with van der Waals surface area (Å²) in [6.45, 7) is 4.13. The smallest absolute Gasteiger partial charge is 0.133 e. The van der Waals surface area contributed by atoms with Gasteiger partial charge in [0.2, 0.25) is 0 Å². The number of likely N-dealkylation sites (N-methyl/N-ethyl adjacent to an activating group) is 1. The standard InChI is InChI=1S/C5H10N2S2.C5H11NO2/c8-5(9)7-3-1-6-2-4-7;1-6(2,3)4-5(7)8/h6H,1-4H2,(H,8,9);4H2,1-3H3. The van der Waals surface area contributed by atoms with Crippen molar-refractivity contribution in [1.29, 1.82) is 0 Å². The lowest BCUT2D eigenvalue weighted by Crippen LogP contribution is -2.45. The lowest BCUT2D eigenvalue weighted by Gasteiger charge is -2.27. The van der Waals surface area contributed by atoms with Crippen LogP contribution in [0.4, 0.5) is 0 Å². The first kappa shape index (κ1) is 16.6. The fraction of sp³-hybridized carbons (Fsp3) is 0.800. The Labute approximate surface area is 114 Å². The Hall–Kier alpha value is -0.370. The Morgan fingerprint density at radius 2 is 1.88 bits per heavy atom. The molecular formula is C10H21N3O2S2. The van der Waals surface area contributed by atoms with E-state index in [4.69, 9.17) is 12.2 Å². The Morgan fingerprint density at radius 1 is 1.41 bits per heavy atom. The summed E-state index contributed by atoms with van der Waals surface area (Å²) < 4.78 is 1.14. The van der Waals surface area contributed by atoms with Crippen molar-refractivity contribution in [2.24, 2.45) is 0 Å². The topological polar surface area (TPSA) is 55.4 Å². The molecule has 1 saturated heterocycles. The van der Waals surface area contributed by atoms with E-state index >= 15 is 0 Å². The number of aliphatic carboxylic acids is 1. The van der Waals surface area contributed by atoms with Crippen molar-refractivity contribution in [3.8, 4) is 0 Å². The molecule has 0 bridgehead atoms.